The molecule has 19 heavy (non-hydrogen) atoms. The fourth-order valence-corrected chi connectivity index (χ4v) is 2.53. The molecule has 0 radical (unpaired) electrons. The summed E-state index contributed by atoms with van der Waals surface area (Å²) in [5.74, 6) is 0.244. The SMILES string of the molecule is NCC1CCCC1OCC(=O)Nc1ccc(Cl)cc1. The number of hydrogen-bond acceptors (Lipinski definition) is 3. The Morgan fingerprint density at radius 1 is 1.37 bits per heavy atom. The van der Waals surface area contributed by atoms with Crippen LogP contribution in [0.2, 0.25) is 5.02 Å². The summed E-state index contributed by atoms with van der Waals surface area (Å²) in [5.41, 5.74) is 6.40. The van der Waals surface area contributed by atoms with Gasteiger partial charge in [0, 0.05) is 10.7 Å². The summed E-state index contributed by atoms with van der Waals surface area (Å²) in [7, 11) is 0. The van der Waals surface area contributed by atoms with E-state index in [1.165, 1.54) is 0 Å². The van der Waals surface area contributed by atoms with Crippen molar-refractivity contribution in [2.75, 3.05) is 18.5 Å². The second-order valence-corrected chi connectivity index (χ2v) is 5.27. The van der Waals surface area contributed by atoms with Gasteiger partial charge < -0.3 is 15.8 Å². The highest BCUT2D eigenvalue weighted by Crippen LogP contribution is 2.27. The summed E-state index contributed by atoms with van der Waals surface area (Å²) in [6, 6.07) is 7.00. The first-order chi connectivity index (χ1) is 9.19. The summed E-state index contributed by atoms with van der Waals surface area (Å²) >= 11 is 5.78. The molecular weight excluding hydrogens is 264 g/mol. The van der Waals surface area contributed by atoms with Crippen molar-refractivity contribution in [3.63, 3.8) is 0 Å². The molecule has 0 aliphatic heterocycles. The van der Waals surface area contributed by atoms with Gasteiger partial charge in [-0.2, -0.15) is 0 Å². The molecule has 104 valence electrons. The summed E-state index contributed by atoms with van der Waals surface area (Å²) in [6.07, 6.45) is 3.35. The molecule has 1 saturated carbocycles. The van der Waals surface area contributed by atoms with Crippen LogP contribution in [-0.4, -0.2) is 25.2 Å². The average Bonchev–Trinajstić information content (AvgIpc) is 2.86. The quantitative estimate of drug-likeness (QED) is 0.872. The molecular formula is C14H19ClN2O2. The topological polar surface area (TPSA) is 64.3 Å². The van der Waals surface area contributed by atoms with Crippen LogP contribution >= 0.6 is 11.6 Å². The van der Waals surface area contributed by atoms with Crippen molar-refractivity contribution in [1.82, 2.24) is 0 Å². The second-order valence-electron chi connectivity index (χ2n) is 4.83. The van der Waals surface area contributed by atoms with Gasteiger partial charge in [-0.1, -0.05) is 18.0 Å². The van der Waals surface area contributed by atoms with Crippen LogP contribution < -0.4 is 11.1 Å². The van der Waals surface area contributed by atoms with E-state index in [4.69, 9.17) is 22.1 Å². The van der Waals surface area contributed by atoms with Gasteiger partial charge in [0.25, 0.3) is 0 Å². The van der Waals surface area contributed by atoms with Crippen LogP contribution in [0.4, 0.5) is 5.69 Å². The second kappa shape index (κ2) is 6.89. The van der Waals surface area contributed by atoms with Crippen molar-refractivity contribution in [2.24, 2.45) is 11.7 Å². The average molecular weight is 283 g/mol. The summed E-state index contributed by atoms with van der Waals surface area (Å²) < 4.78 is 5.65. The number of benzene rings is 1. The first kappa shape index (κ1) is 14.3. The van der Waals surface area contributed by atoms with Gasteiger partial charge in [0.05, 0.1) is 6.10 Å². The van der Waals surface area contributed by atoms with Gasteiger partial charge in [0.15, 0.2) is 0 Å². The molecule has 0 aromatic heterocycles. The van der Waals surface area contributed by atoms with Crippen LogP contribution in [0, 0.1) is 5.92 Å². The summed E-state index contributed by atoms with van der Waals surface area (Å²) in [4.78, 5) is 11.7. The molecule has 0 heterocycles. The molecule has 1 aliphatic carbocycles. The van der Waals surface area contributed by atoms with E-state index in [0.717, 1.165) is 24.9 Å². The number of halogens is 1. The number of nitrogens with two attached hydrogens (primary N) is 1. The van der Waals surface area contributed by atoms with Crippen LogP contribution in [0.15, 0.2) is 24.3 Å². The lowest BCUT2D eigenvalue weighted by atomic mass is 10.1. The Bertz CT molecular complexity index is 422. The van der Waals surface area contributed by atoms with Gasteiger partial charge in [-0.3, -0.25) is 4.79 Å². The molecule has 2 atom stereocenters. The van der Waals surface area contributed by atoms with E-state index < -0.39 is 0 Å². The van der Waals surface area contributed by atoms with Gasteiger partial charge in [-0.25, -0.2) is 0 Å². The first-order valence-electron chi connectivity index (χ1n) is 6.56. The minimum atomic E-state index is -0.148. The molecule has 1 aromatic rings. The smallest absolute Gasteiger partial charge is 0.250 e. The van der Waals surface area contributed by atoms with E-state index in [-0.39, 0.29) is 18.6 Å². The minimum Gasteiger partial charge on any atom is -0.368 e. The highest BCUT2D eigenvalue weighted by Gasteiger charge is 2.27. The Balaban J connectivity index is 1.77. The number of carbonyl (C=O) groups excluding carboxylic acids is 1. The number of amides is 1. The van der Waals surface area contributed by atoms with Crippen molar-refractivity contribution < 1.29 is 9.53 Å². The van der Waals surface area contributed by atoms with Crippen LogP contribution in [-0.2, 0) is 9.53 Å². The third-order valence-electron chi connectivity index (χ3n) is 3.45. The van der Waals surface area contributed by atoms with Crippen LogP contribution in [0.3, 0.4) is 0 Å². The van der Waals surface area contributed by atoms with Crippen molar-refractivity contribution in [3.05, 3.63) is 29.3 Å². The summed E-state index contributed by atoms with van der Waals surface area (Å²) in [5, 5.41) is 3.42. The zero-order valence-corrected chi connectivity index (χ0v) is 11.5. The Morgan fingerprint density at radius 3 is 2.79 bits per heavy atom. The lowest BCUT2D eigenvalue weighted by Gasteiger charge is -2.18. The molecule has 0 bridgehead atoms. The first-order valence-corrected chi connectivity index (χ1v) is 6.94. The minimum absolute atomic E-state index is 0.0732. The molecule has 4 nitrogen and oxygen atoms in total. The highest BCUT2D eigenvalue weighted by atomic mass is 35.5. The van der Waals surface area contributed by atoms with E-state index >= 15 is 0 Å². The Hall–Kier alpha value is -1.10. The normalized spacial score (nSPS) is 22.4. The molecule has 1 aromatic carbocycles. The van der Waals surface area contributed by atoms with Crippen molar-refractivity contribution in [3.8, 4) is 0 Å². The van der Waals surface area contributed by atoms with Crippen molar-refractivity contribution >= 4 is 23.2 Å². The van der Waals surface area contributed by atoms with E-state index in [2.05, 4.69) is 5.32 Å². The van der Waals surface area contributed by atoms with Gasteiger partial charge in [0.1, 0.15) is 6.61 Å². The predicted molar refractivity (Wildman–Crippen MR) is 76.2 cm³/mol. The standard InChI is InChI=1S/C14H19ClN2O2/c15-11-4-6-12(7-5-11)17-14(18)9-19-13-3-1-2-10(13)8-16/h4-7,10,13H,1-3,8-9,16H2,(H,17,18). The van der Waals surface area contributed by atoms with E-state index in [0.29, 0.717) is 17.5 Å². The molecule has 0 spiro atoms. The number of hydrogen-bond donors (Lipinski definition) is 2. The Kier molecular flexibility index (Phi) is 5.19. The highest BCUT2D eigenvalue weighted by molar-refractivity contribution is 6.30. The molecule has 5 heteroatoms. The molecule has 2 unspecified atom stereocenters. The van der Waals surface area contributed by atoms with Gasteiger partial charge >= 0.3 is 0 Å². The molecule has 0 saturated heterocycles. The predicted octanol–water partition coefficient (Wildman–Crippen LogP) is 2.42. The molecule has 1 amide bonds. The maximum atomic E-state index is 11.7. The third kappa shape index (κ3) is 4.20. The number of carbonyl (C=O) groups is 1. The fraction of sp³-hybridized carbons (Fsp3) is 0.500. The van der Waals surface area contributed by atoms with Gasteiger partial charge in [-0.05, 0) is 49.6 Å². The van der Waals surface area contributed by atoms with E-state index in [1.807, 2.05) is 0 Å². The third-order valence-corrected chi connectivity index (χ3v) is 3.70. The zero-order chi connectivity index (χ0) is 13.7. The lowest BCUT2D eigenvalue weighted by molar-refractivity contribution is -0.123. The Labute approximate surface area is 118 Å². The van der Waals surface area contributed by atoms with Gasteiger partial charge in [0.2, 0.25) is 5.91 Å². The number of nitrogens with one attached hydrogen (secondary N) is 1. The number of anilines is 1. The van der Waals surface area contributed by atoms with E-state index in [1.54, 1.807) is 24.3 Å². The molecule has 1 aliphatic rings. The maximum Gasteiger partial charge on any atom is 0.250 e. The lowest BCUT2D eigenvalue weighted by Crippen LogP contribution is -2.29. The van der Waals surface area contributed by atoms with E-state index in [9.17, 15) is 4.79 Å². The number of rotatable bonds is 5. The number of ether oxygens (including phenoxy) is 1. The van der Waals surface area contributed by atoms with Crippen LogP contribution in [0.1, 0.15) is 19.3 Å². The zero-order valence-electron chi connectivity index (χ0n) is 10.8. The van der Waals surface area contributed by atoms with Gasteiger partial charge in [-0.15, -0.1) is 0 Å². The largest absolute Gasteiger partial charge is 0.368 e. The molecule has 3 N–H and O–H groups in total. The Morgan fingerprint density at radius 2 is 2.11 bits per heavy atom. The molecule has 2 rings (SSSR count). The molecule has 1 fully saturated rings. The fourth-order valence-electron chi connectivity index (χ4n) is 2.40. The summed E-state index contributed by atoms with van der Waals surface area (Å²) in [6.45, 7) is 0.702. The van der Waals surface area contributed by atoms with Crippen LogP contribution in [0.25, 0.3) is 0 Å². The van der Waals surface area contributed by atoms with Crippen molar-refractivity contribution in [2.45, 2.75) is 25.4 Å². The monoisotopic (exact) mass is 282 g/mol. The van der Waals surface area contributed by atoms with Crippen molar-refractivity contribution in [1.29, 1.82) is 0 Å². The van der Waals surface area contributed by atoms with Crippen LogP contribution in [0.5, 0.6) is 0 Å². The maximum absolute atomic E-state index is 11.7.